The zero-order chi connectivity index (χ0) is 13.9. The maximum absolute atomic E-state index is 6.50. The van der Waals surface area contributed by atoms with Crippen molar-refractivity contribution < 1.29 is 9.47 Å². The van der Waals surface area contributed by atoms with Crippen molar-refractivity contribution in [2.45, 2.75) is 70.3 Å². The maximum Gasteiger partial charge on any atom is 0.0729 e. The van der Waals surface area contributed by atoms with Gasteiger partial charge in [0.2, 0.25) is 0 Å². The van der Waals surface area contributed by atoms with E-state index in [0.29, 0.717) is 0 Å². The molecule has 0 radical (unpaired) electrons. The summed E-state index contributed by atoms with van der Waals surface area (Å²) in [6.07, 6.45) is 6.94. The molecule has 2 atom stereocenters. The van der Waals surface area contributed by atoms with Gasteiger partial charge in [-0.05, 0) is 49.9 Å². The van der Waals surface area contributed by atoms with E-state index in [0.717, 1.165) is 45.0 Å². The lowest BCUT2D eigenvalue weighted by atomic mass is 9.78. The fraction of sp³-hybridized carbons (Fsp3) is 1.00. The van der Waals surface area contributed by atoms with E-state index in [-0.39, 0.29) is 16.4 Å². The van der Waals surface area contributed by atoms with Crippen LogP contribution in [0.1, 0.15) is 59.3 Å². The molecular formula is C16H29ClO2. The van der Waals surface area contributed by atoms with Gasteiger partial charge in [-0.2, -0.15) is 0 Å². The van der Waals surface area contributed by atoms with E-state index in [1.165, 1.54) is 19.3 Å². The first-order valence-electron chi connectivity index (χ1n) is 7.77. The SMILES string of the molecule is CC(C)(C)C(Cl)CCC1CCOC2(CCOCC2)C1. The minimum atomic E-state index is 0.130. The van der Waals surface area contributed by atoms with Crippen LogP contribution in [0.5, 0.6) is 0 Å². The minimum Gasteiger partial charge on any atom is -0.381 e. The number of halogens is 1. The Kier molecular flexibility index (Phi) is 5.19. The minimum absolute atomic E-state index is 0.130. The Bertz CT molecular complexity index is 273. The average Bonchev–Trinajstić information content (AvgIpc) is 2.36. The summed E-state index contributed by atoms with van der Waals surface area (Å²) in [6.45, 7) is 9.35. The molecule has 0 aromatic heterocycles. The van der Waals surface area contributed by atoms with Crippen LogP contribution in [0.25, 0.3) is 0 Å². The summed E-state index contributed by atoms with van der Waals surface area (Å²) < 4.78 is 11.6. The first-order chi connectivity index (χ1) is 8.91. The first-order valence-corrected chi connectivity index (χ1v) is 8.21. The van der Waals surface area contributed by atoms with Gasteiger partial charge in [-0.1, -0.05) is 20.8 Å². The standard InChI is InChI=1S/C16H29ClO2/c1-15(2,3)14(17)5-4-13-6-9-19-16(12-13)7-10-18-11-8-16/h13-14H,4-12H2,1-3H3. The molecule has 3 heteroatoms. The first kappa shape index (κ1) is 15.6. The van der Waals surface area contributed by atoms with E-state index in [2.05, 4.69) is 20.8 Å². The van der Waals surface area contributed by atoms with E-state index in [4.69, 9.17) is 21.1 Å². The predicted octanol–water partition coefficient (Wildman–Crippen LogP) is 4.40. The topological polar surface area (TPSA) is 18.5 Å². The highest BCUT2D eigenvalue weighted by molar-refractivity contribution is 6.21. The summed E-state index contributed by atoms with van der Waals surface area (Å²) in [6, 6.07) is 0. The smallest absolute Gasteiger partial charge is 0.0729 e. The van der Waals surface area contributed by atoms with Crippen molar-refractivity contribution in [2.24, 2.45) is 11.3 Å². The molecule has 1 spiro atoms. The lowest BCUT2D eigenvalue weighted by molar-refractivity contribution is -0.147. The van der Waals surface area contributed by atoms with Crippen molar-refractivity contribution in [2.75, 3.05) is 19.8 Å². The predicted molar refractivity (Wildman–Crippen MR) is 79.8 cm³/mol. The highest BCUT2D eigenvalue weighted by Gasteiger charge is 2.39. The fourth-order valence-electron chi connectivity index (χ4n) is 3.28. The normalized spacial score (nSPS) is 29.4. The van der Waals surface area contributed by atoms with Gasteiger partial charge in [0.15, 0.2) is 0 Å². The summed E-state index contributed by atoms with van der Waals surface area (Å²) in [4.78, 5) is 0. The molecular weight excluding hydrogens is 260 g/mol. The van der Waals surface area contributed by atoms with E-state index >= 15 is 0 Å². The maximum atomic E-state index is 6.50. The number of hydrogen-bond donors (Lipinski definition) is 0. The zero-order valence-electron chi connectivity index (χ0n) is 12.7. The van der Waals surface area contributed by atoms with Gasteiger partial charge in [-0.25, -0.2) is 0 Å². The molecule has 112 valence electrons. The van der Waals surface area contributed by atoms with Crippen LogP contribution in [0.15, 0.2) is 0 Å². The van der Waals surface area contributed by atoms with Crippen LogP contribution >= 0.6 is 11.6 Å². The van der Waals surface area contributed by atoms with Gasteiger partial charge in [0.1, 0.15) is 0 Å². The van der Waals surface area contributed by atoms with Crippen molar-refractivity contribution >= 4 is 11.6 Å². The Labute approximate surface area is 123 Å². The van der Waals surface area contributed by atoms with Gasteiger partial charge in [-0.15, -0.1) is 11.6 Å². The second kappa shape index (κ2) is 6.32. The molecule has 0 aromatic rings. The van der Waals surface area contributed by atoms with Crippen molar-refractivity contribution in [1.29, 1.82) is 0 Å². The third-order valence-electron chi connectivity index (χ3n) is 4.77. The monoisotopic (exact) mass is 288 g/mol. The Morgan fingerprint density at radius 1 is 1.21 bits per heavy atom. The summed E-state index contributed by atoms with van der Waals surface area (Å²) in [5.41, 5.74) is 0.341. The number of hydrogen-bond acceptors (Lipinski definition) is 2. The third kappa shape index (κ3) is 4.34. The molecule has 0 bridgehead atoms. The van der Waals surface area contributed by atoms with Crippen LogP contribution < -0.4 is 0 Å². The number of rotatable bonds is 3. The summed E-state index contributed by atoms with van der Waals surface area (Å²) in [5.74, 6) is 0.787. The number of ether oxygens (including phenoxy) is 2. The lowest BCUT2D eigenvalue weighted by Crippen LogP contribution is -2.44. The zero-order valence-corrected chi connectivity index (χ0v) is 13.5. The average molecular weight is 289 g/mol. The van der Waals surface area contributed by atoms with Crippen molar-refractivity contribution in [3.63, 3.8) is 0 Å². The molecule has 2 aliphatic heterocycles. The highest BCUT2D eigenvalue weighted by atomic mass is 35.5. The molecule has 2 unspecified atom stereocenters. The van der Waals surface area contributed by atoms with Crippen molar-refractivity contribution in [3.8, 4) is 0 Å². The van der Waals surface area contributed by atoms with Gasteiger partial charge in [0, 0.05) is 25.2 Å². The van der Waals surface area contributed by atoms with Gasteiger partial charge in [0.05, 0.1) is 5.60 Å². The molecule has 0 aromatic carbocycles. The van der Waals surface area contributed by atoms with Crippen LogP contribution in [0, 0.1) is 11.3 Å². The fourth-order valence-corrected chi connectivity index (χ4v) is 3.41. The molecule has 0 aliphatic carbocycles. The van der Waals surface area contributed by atoms with Crippen LogP contribution in [0.4, 0.5) is 0 Å². The lowest BCUT2D eigenvalue weighted by Gasteiger charge is -2.43. The van der Waals surface area contributed by atoms with Crippen LogP contribution in [-0.2, 0) is 9.47 Å². The van der Waals surface area contributed by atoms with Crippen LogP contribution in [0.2, 0.25) is 0 Å². The molecule has 2 aliphatic rings. The molecule has 19 heavy (non-hydrogen) atoms. The second-order valence-corrected chi connectivity index (χ2v) is 7.94. The largest absolute Gasteiger partial charge is 0.381 e. The molecule has 0 saturated carbocycles. The summed E-state index contributed by atoms with van der Waals surface area (Å²) in [5, 5.41) is 0.279. The Hall–Kier alpha value is 0.210. The van der Waals surface area contributed by atoms with E-state index < -0.39 is 0 Å². The van der Waals surface area contributed by atoms with Crippen molar-refractivity contribution in [3.05, 3.63) is 0 Å². The van der Waals surface area contributed by atoms with Crippen molar-refractivity contribution in [1.82, 2.24) is 0 Å². The van der Waals surface area contributed by atoms with E-state index in [1.54, 1.807) is 0 Å². The second-order valence-electron chi connectivity index (χ2n) is 7.41. The molecule has 0 amide bonds. The quantitative estimate of drug-likeness (QED) is 0.717. The molecule has 2 heterocycles. The van der Waals surface area contributed by atoms with E-state index in [1.807, 2.05) is 0 Å². The third-order valence-corrected chi connectivity index (χ3v) is 5.64. The van der Waals surface area contributed by atoms with Gasteiger partial charge in [0.25, 0.3) is 0 Å². The van der Waals surface area contributed by atoms with Gasteiger partial charge < -0.3 is 9.47 Å². The Morgan fingerprint density at radius 2 is 1.89 bits per heavy atom. The van der Waals surface area contributed by atoms with Gasteiger partial charge >= 0.3 is 0 Å². The summed E-state index contributed by atoms with van der Waals surface area (Å²) >= 11 is 6.50. The van der Waals surface area contributed by atoms with Crippen LogP contribution in [-0.4, -0.2) is 30.8 Å². The Balaban J connectivity index is 1.81. The molecule has 2 saturated heterocycles. The van der Waals surface area contributed by atoms with Crippen LogP contribution in [0.3, 0.4) is 0 Å². The Morgan fingerprint density at radius 3 is 2.53 bits per heavy atom. The number of alkyl halides is 1. The summed E-state index contributed by atoms with van der Waals surface area (Å²) in [7, 11) is 0. The highest BCUT2D eigenvalue weighted by Crippen LogP contribution is 2.40. The molecule has 2 rings (SSSR count). The van der Waals surface area contributed by atoms with E-state index in [9.17, 15) is 0 Å². The molecule has 0 N–H and O–H groups in total. The molecule has 2 fully saturated rings. The van der Waals surface area contributed by atoms with Gasteiger partial charge in [-0.3, -0.25) is 0 Å². The molecule has 2 nitrogen and oxygen atoms in total.